The van der Waals surface area contributed by atoms with Gasteiger partial charge in [0.05, 0.1) is 6.61 Å². The summed E-state index contributed by atoms with van der Waals surface area (Å²) in [4.78, 5) is 26.3. The van der Waals surface area contributed by atoms with Crippen molar-refractivity contribution in [2.24, 2.45) is 0 Å². The van der Waals surface area contributed by atoms with Crippen molar-refractivity contribution in [3.05, 3.63) is 91.0 Å². The molecule has 0 aromatic heterocycles. The number of benzene rings is 3. The van der Waals surface area contributed by atoms with E-state index >= 15 is 0 Å². The Balaban J connectivity index is 1.24. The molecule has 0 radical (unpaired) electrons. The standard InChI is InChI=1S/C16H26O14.3C6H5.Sn/c17-3-6-11(23)14(26)16(5-18,29-6)30-15-13(25)12(24)10(22)7(28-15)4-27-9(21)2-1-8(19)20;3*1-2-4-6-5-3-1;/h6-7,10-15,17-18,22-26H,1-5H2,(H,19,20);3*1-5H;/q;;;;+1/p-1/t6-,7-,10-,11-,12+,13-,14+,15-,16+;;;;/m1..../s1. The molecule has 3 aromatic rings. The number of carbonyl (C=O) groups excluding carboxylic acids is 2. The van der Waals surface area contributed by atoms with Crippen LogP contribution in [0.5, 0.6) is 0 Å². The van der Waals surface area contributed by atoms with E-state index < -0.39 is 105 Å². The van der Waals surface area contributed by atoms with Gasteiger partial charge in [-0.25, -0.2) is 0 Å². The van der Waals surface area contributed by atoms with Gasteiger partial charge in [-0.1, -0.05) is 0 Å². The van der Waals surface area contributed by atoms with Gasteiger partial charge < -0.3 is 25.2 Å². The van der Waals surface area contributed by atoms with Gasteiger partial charge in [0.1, 0.15) is 24.9 Å². The molecule has 0 saturated carbocycles. The molecule has 5 rings (SSSR count). The summed E-state index contributed by atoms with van der Waals surface area (Å²) in [6, 6.07) is 28.5. The Bertz CT molecular complexity index is 1420. The van der Waals surface area contributed by atoms with Crippen LogP contribution in [0.1, 0.15) is 12.8 Å². The third-order valence-corrected chi connectivity index (χ3v) is 20.0. The molecule has 264 valence electrons. The van der Waals surface area contributed by atoms with Crippen molar-refractivity contribution >= 4 is 41.5 Å². The van der Waals surface area contributed by atoms with Crippen molar-refractivity contribution in [3.8, 4) is 0 Å². The minimum absolute atomic E-state index is 0.326. The number of carbonyl (C=O) groups is 2. The Morgan fingerprint density at radius 3 is 1.65 bits per heavy atom. The second kappa shape index (κ2) is 16.3. The van der Waals surface area contributed by atoms with Crippen molar-refractivity contribution < 1.29 is 67.4 Å². The summed E-state index contributed by atoms with van der Waals surface area (Å²) in [5.74, 6) is -3.82. The maximum atomic E-state index is 13.5. The van der Waals surface area contributed by atoms with Crippen LogP contribution in [-0.4, -0.2) is 141 Å². The van der Waals surface area contributed by atoms with Gasteiger partial charge in [-0.2, -0.15) is 0 Å². The first kappa shape index (κ1) is 37.3. The van der Waals surface area contributed by atoms with Crippen LogP contribution >= 0.6 is 0 Å². The van der Waals surface area contributed by atoms with Gasteiger partial charge in [0, 0.05) is 0 Å². The van der Waals surface area contributed by atoms with E-state index in [2.05, 4.69) is 0 Å². The fraction of sp³-hybridized carbons (Fsp3) is 0.412. The van der Waals surface area contributed by atoms with Crippen molar-refractivity contribution in [2.75, 3.05) is 19.8 Å². The molecule has 0 bridgehead atoms. The molecule has 2 aliphatic rings. The SMILES string of the molecule is O=C(CCC(=O)[O][Sn]([c]1ccccc1)([c]1ccccc1)[c]1ccccc1)OC[C@H]1O[C@H](O[C@]2(CO)O[C@H](CO)[C@@H](O)[C@@H]2O)[C@H](O)[C@@H](O)[C@@H]1O. The van der Waals surface area contributed by atoms with Gasteiger partial charge in [0.15, 0.2) is 0 Å². The molecule has 2 fully saturated rings. The number of aliphatic hydroxyl groups excluding tert-OH is 7. The summed E-state index contributed by atoms with van der Waals surface area (Å²) in [5, 5.41) is 71.3. The molecule has 14 nitrogen and oxygen atoms in total. The van der Waals surface area contributed by atoms with E-state index in [-0.39, 0.29) is 12.8 Å². The van der Waals surface area contributed by atoms with E-state index in [1.807, 2.05) is 91.0 Å². The molecule has 0 spiro atoms. The van der Waals surface area contributed by atoms with Crippen LogP contribution in [-0.2, 0) is 31.6 Å². The molecule has 49 heavy (non-hydrogen) atoms. The summed E-state index contributed by atoms with van der Waals surface area (Å²) in [6.07, 6.45) is -14.5. The molecule has 3 aromatic carbocycles. The maximum absolute atomic E-state index is 13.5. The van der Waals surface area contributed by atoms with Crippen LogP contribution in [0.2, 0.25) is 0 Å². The number of ether oxygens (including phenoxy) is 4. The second-order valence-corrected chi connectivity index (χ2v) is 21.2. The molecule has 15 heteroatoms. The van der Waals surface area contributed by atoms with Gasteiger partial charge in [0.2, 0.25) is 0 Å². The summed E-state index contributed by atoms with van der Waals surface area (Å²) in [7, 11) is 0. The fourth-order valence-electron chi connectivity index (χ4n) is 5.99. The number of aliphatic hydroxyl groups is 7. The monoisotopic (exact) mass is 792 g/mol. The van der Waals surface area contributed by atoms with Gasteiger partial charge in [0.25, 0.3) is 0 Å². The van der Waals surface area contributed by atoms with E-state index in [4.69, 9.17) is 22.0 Å². The van der Waals surface area contributed by atoms with Crippen molar-refractivity contribution in [1.82, 2.24) is 0 Å². The van der Waals surface area contributed by atoms with E-state index in [1.54, 1.807) is 0 Å². The van der Waals surface area contributed by atoms with Crippen LogP contribution < -0.4 is 10.7 Å². The van der Waals surface area contributed by atoms with Crippen LogP contribution in [0.25, 0.3) is 0 Å². The van der Waals surface area contributed by atoms with Gasteiger partial charge in [-0.05, 0) is 0 Å². The fourth-order valence-corrected chi connectivity index (χ4v) is 16.8. The predicted molar refractivity (Wildman–Crippen MR) is 172 cm³/mol. The molecule has 0 unspecified atom stereocenters. The molecular weight excluding hydrogens is 751 g/mol. The Kier molecular flexibility index (Phi) is 12.4. The first-order valence-corrected chi connectivity index (χ1v) is 21.2. The normalized spacial score (nSPS) is 30.1. The Morgan fingerprint density at radius 2 is 1.18 bits per heavy atom. The second-order valence-electron chi connectivity index (χ2n) is 11.8. The van der Waals surface area contributed by atoms with E-state index in [0.29, 0.717) is 0 Å². The van der Waals surface area contributed by atoms with Crippen LogP contribution in [0, 0.1) is 0 Å². The summed E-state index contributed by atoms with van der Waals surface area (Å²) < 4.78 is 30.7. The third kappa shape index (κ3) is 7.84. The van der Waals surface area contributed by atoms with E-state index in [0.717, 1.165) is 10.7 Å². The van der Waals surface area contributed by atoms with Crippen molar-refractivity contribution in [2.45, 2.75) is 67.6 Å². The first-order valence-electron chi connectivity index (χ1n) is 15.7. The molecule has 2 aliphatic heterocycles. The van der Waals surface area contributed by atoms with Crippen molar-refractivity contribution in [1.29, 1.82) is 0 Å². The van der Waals surface area contributed by atoms with Gasteiger partial charge >= 0.3 is 231 Å². The molecule has 2 saturated heterocycles. The summed E-state index contributed by atoms with van der Waals surface area (Å²) in [6.45, 7) is -2.43. The number of hydrogen-bond acceptors (Lipinski definition) is 14. The zero-order valence-electron chi connectivity index (χ0n) is 26.3. The molecule has 0 aliphatic carbocycles. The Hall–Kier alpha value is -3.00. The average molecular weight is 791 g/mol. The first-order chi connectivity index (χ1) is 23.6. The molecule has 2 heterocycles. The molecule has 7 N–H and O–H groups in total. The zero-order chi connectivity index (χ0) is 35.2. The van der Waals surface area contributed by atoms with Crippen LogP contribution in [0.3, 0.4) is 0 Å². The number of rotatable bonds is 13. The Labute approximate surface area is 286 Å². The quantitative estimate of drug-likeness (QED) is 0.0685. The summed E-state index contributed by atoms with van der Waals surface area (Å²) >= 11 is -4.41. The molecule has 9 atom stereocenters. The molecule has 0 amide bonds. The minimum atomic E-state index is -4.41. The number of esters is 1. The predicted octanol–water partition coefficient (Wildman–Crippen LogP) is -2.85. The third-order valence-electron chi connectivity index (χ3n) is 8.64. The summed E-state index contributed by atoms with van der Waals surface area (Å²) in [5.41, 5.74) is 0. The van der Waals surface area contributed by atoms with Gasteiger partial charge in [-0.15, -0.1) is 0 Å². The molecular formula is C34H40O14Sn. The van der Waals surface area contributed by atoms with Crippen molar-refractivity contribution in [3.63, 3.8) is 0 Å². The topological polar surface area (TPSA) is 222 Å². The average Bonchev–Trinajstić information content (AvgIpc) is 3.38. The number of hydrogen-bond donors (Lipinski definition) is 7. The van der Waals surface area contributed by atoms with Crippen LogP contribution in [0.15, 0.2) is 91.0 Å². The van der Waals surface area contributed by atoms with E-state index in [9.17, 15) is 45.3 Å². The Morgan fingerprint density at radius 1 is 0.673 bits per heavy atom. The van der Waals surface area contributed by atoms with E-state index in [1.165, 1.54) is 0 Å². The van der Waals surface area contributed by atoms with Gasteiger partial charge in [-0.3, -0.25) is 0 Å². The zero-order valence-corrected chi connectivity index (χ0v) is 29.2. The van der Waals surface area contributed by atoms with Crippen LogP contribution in [0.4, 0.5) is 0 Å².